The average Bonchev–Trinajstić information content (AvgIpc) is 2.57. The zero-order valence-electron chi connectivity index (χ0n) is 8.93. The van der Waals surface area contributed by atoms with E-state index in [2.05, 4.69) is 10.4 Å². The van der Waals surface area contributed by atoms with Gasteiger partial charge in [0.15, 0.2) is 0 Å². The van der Waals surface area contributed by atoms with Crippen LogP contribution >= 0.6 is 0 Å². The number of pyridine rings is 1. The van der Waals surface area contributed by atoms with Gasteiger partial charge in [0.1, 0.15) is 0 Å². The zero-order chi connectivity index (χ0) is 11.4. The Hall–Kier alpha value is -1.69. The van der Waals surface area contributed by atoms with E-state index in [0.29, 0.717) is 5.82 Å². The van der Waals surface area contributed by atoms with Gasteiger partial charge in [-0.15, -0.1) is 0 Å². The molecule has 0 amide bonds. The number of aromatic nitrogens is 1. The molecule has 0 bridgehead atoms. The van der Waals surface area contributed by atoms with Crippen molar-refractivity contribution in [2.75, 3.05) is 18.1 Å². The Bertz CT molecular complexity index is 375. The number of nitrogens with zero attached hydrogens (tertiary/aromatic N) is 3. The lowest BCUT2D eigenvalue weighted by atomic mass is 10.2. The second kappa shape index (κ2) is 4.89. The van der Waals surface area contributed by atoms with Crippen LogP contribution in [0.1, 0.15) is 19.3 Å². The largest absolute Gasteiger partial charge is 0.312 e. The quantitative estimate of drug-likeness (QED) is 0.606. The Labute approximate surface area is 93.4 Å². The second-order valence-electron chi connectivity index (χ2n) is 3.72. The minimum Gasteiger partial charge on any atom is -0.286 e. The highest BCUT2D eigenvalue weighted by Gasteiger charge is 2.20. The predicted molar refractivity (Wildman–Crippen MR) is 60.1 cm³/mol. The van der Waals surface area contributed by atoms with Crippen LogP contribution in [0.4, 0.5) is 11.5 Å². The van der Waals surface area contributed by atoms with Crippen molar-refractivity contribution >= 4 is 11.5 Å². The van der Waals surface area contributed by atoms with Crippen LogP contribution in [0.25, 0.3) is 0 Å². The molecule has 0 spiro atoms. The molecule has 1 saturated heterocycles. The van der Waals surface area contributed by atoms with E-state index in [1.165, 1.54) is 6.07 Å². The first kappa shape index (κ1) is 10.8. The highest BCUT2D eigenvalue weighted by Crippen LogP contribution is 2.24. The Morgan fingerprint density at radius 3 is 3.12 bits per heavy atom. The lowest BCUT2D eigenvalue weighted by molar-refractivity contribution is -0.384. The van der Waals surface area contributed by atoms with Crippen LogP contribution in [0.3, 0.4) is 0 Å². The molecular formula is C10H14N4O2. The first-order valence-electron chi connectivity index (χ1n) is 5.39. The summed E-state index contributed by atoms with van der Waals surface area (Å²) < 4.78 is 0. The van der Waals surface area contributed by atoms with E-state index in [1.807, 2.05) is 0 Å². The first-order chi connectivity index (χ1) is 7.79. The van der Waals surface area contributed by atoms with E-state index in [9.17, 15) is 10.1 Å². The van der Waals surface area contributed by atoms with Crippen LogP contribution in [0, 0.1) is 10.1 Å². The summed E-state index contributed by atoms with van der Waals surface area (Å²) in [4.78, 5) is 14.6. The molecule has 1 aliphatic heterocycles. The van der Waals surface area contributed by atoms with Crippen molar-refractivity contribution in [2.45, 2.75) is 19.3 Å². The van der Waals surface area contributed by atoms with E-state index in [-0.39, 0.29) is 5.69 Å². The molecule has 0 atom stereocenters. The van der Waals surface area contributed by atoms with Crippen LogP contribution < -0.4 is 10.4 Å². The van der Waals surface area contributed by atoms with Crippen molar-refractivity contribution in [2.24, 2.45) is 0 Å². The first-order valence-corrected chi connectivity index (χ1v) is 5.39. The van der Waals surface area contributed by atoms with Crippen LogP contribution in [0.15, 0.2) is 18.3 Å². The van der Waals surface area contributed by atoms with E-state index >= 15 is 0 Å². The molecule has 0 aliphatic carbocycles. The third-order valence-electron chi connectivity index (χ3n) is 2.58. The summed E-state index contributed by atoms with van der Waals surface area (Å²) in [6, 6.07) is 3.06. The Morgan fingerprint density at radius 2 is 2.31 bits per heavy atom. The maximum absolute atomic E-state index is 10.9. The number of hydrogen-bond donors (Lipinski definition) is 1. The normalized spacial score (nSPS) is 16.9. The van der Waals surface area contributed by atoms with Crippen LogP contribution in [0.2, 0.25) is 0 Å². The molecule has 1 aromatic heterocycles. The fraction of sp³-hybridized carbons (Fsp3) is 0.500. The Balaban J connectivity index is 2.27. The fourth-order valence-corrected chi connectivity index (χ4v) is 1.78. The van der Waals surface area contributed by atoms with E-state index in [4.69, 9.17) is 0 Å². The fourth-order valence-electron chi connectivity index (χ4n) is 1.78. The van der Waals surface area contributed by atoms with Gasteiger partial charge in [0.25, 0.3) is 0 Å². The van der Waals surface area contributed by atoms with Gasteiger partial charge in [-0.2, -0.15) is 0 Å². The SMILES string of the molecule is O=[N+]([O-])c1cccnc1N1CCCCCN1. The molecule has 1 fully saturated rings. The molecular weight excluding hydrogens is 208 g/mol. The van der Waals surface area contributed by atoms with Gasteiger partial charge in [0, 0.05) is 25.4 Å². The Kier molecular flexibility index (Phi) is 3.31. The molecule has 0 unspecified atom stereocenters. The number of nitrogens with one attached hydrogen (secondary N) is 1. The minimum atomic E-state index is -0.394. The van der Waals surface area contributed by atoms with Crippen molar-refractivity contribution in [1.82, 2.24) is 10.4 Å². The third kappa shape index (κ3) is 2.27. The topological polar surface area (TPSA) is 71.3 Å². The van der Waals surface area contributed by atoms with Crippen molar-refractivity contribution in [3.05, 3.63) is 28.4 Å². The van der Waals surface area contributed by atoms with E-state index < -0.39 is 4.92 Å². The highest BCUT2D eigenvalue weighted by atomic mass is 16.6. The average molecular weight is 222 g/mol. The lowest BCUT2D eigenvalue weighted by Crippen LogP contribution is -2.38. The monoisotopic (exact) mass is 222 g/mol. The van der Waals surface area contributed by atoms with Crippen molar-refractivity contribution < 1.29 is 4.92 Å². The highest BCUT2D eigenvalue weighted by molar-refractivity contribution is 5.56. The Morgan fingerprint density at radius 1 is 1.44 bits per heavy atom. The second-order valence-corrected chi connectivity index (χ2v) is 3.72. The standard InChI is InChI=1S/C10H14N4O2/c15-14(16)9-5-4-6-11-10(9)13-8-3-1-2-7-12-13/h4-6,12H,1-3,7-8H2. The number of hydrazine groups is 1. The van der Waals surface area contributed by atoms with E-state index in [1.54, 1.807) is 17.3 Å². The summed E-state index contributed by atoms with van der Waals surface area (Å²) in [6.07, 6.45) is 4.84. The molecule has 2 heterocycles. The van der Waals surface area contributed by atoms with Crippen LogP contribution in [0.5, 0.6) is 0 Å². The van der Waals surface area contributed by atoms with Gasteiger partial charge in [-0.25, -0.2) is 10.4 Å². The summed E-state index contributed by atoms with van der Waals surface area (Å²) in [5.41, 5.74) is 3.21. The summed E-state index contributed by atoms with van der Waals surface area (Å²) >= 11 is 0. The summed E-state index contributed by atoms with van der Waals surface area (Å²) in [7, 11) is 0. The maximum atomic E-state index is 10.9. The smallest absolute Gasteiger partial charge is 0.286 e. The molecule has 6 nitrogen and oxygen atoms in total. The zero-order valence-corrected chi connectivity index (χ0v) is 8.93. The van der Waals surface area contributed by atoms with Gasteiger partial charge in [0.05, 0.1) is 4.92 Å². The molecule has 2 rings (SSSR count). The summed E-state index contributed by atoms with van der Waals surface area (Å²) in [6.45, 7) is 1.60. The third-order valence-corrected chi connectivity index (χ3v) is 2.58. The summed E-state index contributed by atoms with van der Waals surface area (Å²) in [5.74, 6) is 0.411. The van der Waals surface area contributed by atoms with Crippen molar-refractivity contribution in [3.63, 3.8) is 0 Å². The van der Waals surface area contributed by atoms with Gasteiger partial charge in [-0.05, 0) is 18.9 Å². The number of anilines is 1. The van der Waals surface area contributed by atoms with Gasteiger partial charge in [-0.1, -0.05) is 6.42 Å². The molecule has 0 aromatic carbocycles. The molecule has 16 heavy (non-hydrogen) atoms. The molecule has 1 aliphatic rings. The molecule has 0 saturated carbocycles. The predicted octanol–water partition coefficient (Wildman–Crippen LogP) is 1.48. The van der Waals surface area contributed by atoms with Gasteiger partial charge >= 0.3 is 5.69 Å². The van der Waals surface area contributed by atoms with Gasteiger partial charge in [0.2, 0.25) is 5.82 Å². The maximum Gasteiger partial charge on any atom is 0.312 e. The number of hydrogen-bond acceptors (Lipinski definition) is 5. The number of nitro groups is 1. The van der Waals surface area contributed by atoms with Crippen molar-refractivity contribution in [3.8, 4) is 0 Å². The molecule has 1 aromatic rings. The minimum absolute atomic E-state index is 0.0527. The number of rotatable bonds is 2. The van der Waals surface area contributed by atoms with Gasteiger partial charge < -0.3 is 0 Å². The molecule has 1 N–H and O–H groups in total. The lowest BCUT2D eigenvalue weighted by Gasteiger charge is -2.21. The molecule has 86 valence electrons. The molecule has 6 heteroatoms. The molecule has 0 radical (unpaired) electrons. The van der Waals surface area contributed by atoms with Crippen LogP contribution in [-0.4, -0.2) is 23.0 Å². The van der Waals surface area contributed by atoms with Gasteiger partial charge in [-0.3, -0.25) is 15.1 Å². The van der Waals surface area contributed by atoms with E-state index in [0.717, 1.165) is 32.4 Å². The summed E-state index contributed by atoms with van der Waals surface area (Å²) in [5, 5.41) is 12.6. The van der Waals surface area contributed by atoms with Crippen molar-refractivity contribution in [1.29, 1.82) is 0 Å². The van der Waals surface area contributed by atoms with Crippen LogP contribution in [-0.2, 0) is 0 Å².